The lowest BCUT2D eigenvalue weighted by Crippen LogP contribution is -1.90. The van der Waals surface area contributed by atoms with Crippen LogP contribution in [0.3, 0.4) is 0 Å². The standard InChI is InChI=1S/C12H13NOS/c1-8-3-4-9(11(7-8)14-2)12-10(13)5-6-15-12/h3-7H,13H2,1-2H3. The summed E-state index contributed by atoms with van der Waals surface area (Å²) in [6, 6.07) is 8.06. The van der Waals surface area contributed by atoms with Gasteiger partial charge in [0.1, 0.15) is 5.75 Å². The molecular weight excluding hydrogens is 206 g/mol. The molecule has 15 heavy (non-hydrogen) atoms. The number of hydrogen-bond acceptors (Lipinski definition) is 3. The topological polar surface area (TPSA) is 35.2 Å². The van der Waals surface area contributed by atoms with Crippen LogP contribution in [-0.4, -0.2) is 7.11 Å². The van der Waals surface area contributed by atoms with Crippen LogP contribution >= 0.6 is 11.3 Å². The fourth-order valence-electron chi connectivity index (χ4n) is 1.52. The second-order valence-electron chi connectivity index (χ2n) is 3.41. The lowest BCUT2D eigenvalue weighted by Gasteiger charge is -2.08. The minimum Gasteiger partial charge on any atom is -0.496 e. The van der Waals surface area contributed by atoms with Crippen molar-refractivity contribution in [1.29, 1.82) is 0 Å². The van der Waals surface area contributed by atoms with Crippen molar-refractivity contribution < 1.29 is 4.74 Å². The summed E-state index contributed by atoms with van der Waals surface area (Å²) in [7, 11) is 1.68. The maximum absolute atomic E-state index is 5.89. The Balaban J connectivity index is 2.58. The zero-order valence-corrected chi connectivity index (χ0v) is 9.60. The van der Waals surface area contributed by atoms with Crippen LogP contribution in [0, 0.1) is 6.92 Å². The van der Waals surface area contributed by atoms with E-state index in [-0.39, 0.29) is 0 Å². The van der Waals surface area contributed by atoms with Crippen LogP contribution in [-0.2, 0) is 0 Å². The first kappa shape index (κ1) is 10.1. The molecule has 0 bridgehead atoms. The van der Waals surface area contributed by atoms with Gasteiger partial charge in [-0.15, -0.1) is 11.3 Å². The molecule has 2 aromatic rings. The fraction of sp³-hybridized carbons (Fsp3) is 0.167. The normalized spacial score (nSPS) is 10.3. The van der Waals surface area contributed by atoms with Crippen LogP contribution in [0.2, 0.25) is 0 Å². The number of hydrogen-bond donors (Lipinski definition) is 1. The van der Waals surface area contributed by atoms with Crippen LogP contribution in [0.1, 0.15) is 5.56 Å². The van der Waals surface area contributed by atoms with Crippen molar-refractivity contribution in [2.45, 2.75) is 6.92 Å². The SMILES string of the molecule is COc1cc(C)ccc1-c1sccc1N. The van der Waals surface area contributed by atoms with Crippen molar-refractivity contribution in [3.8, 4) is 16.2 Å². The molecule has 0 radical (unpaired) electrons. The zero-order chi connectivity index (χ0) is 10.8. The van der Waals surface area contributed by atoms with Gasteiger partial charge in [0.2, 0.25) is 0 Å². The molecular formula is C12H13NOS. The van der Waals surface area contributed by atoms with E-state index in [0.717, 1.165) is 21.9 Å². The molecule has 0 fully saturated rings. The molecule has 2 N–H and O–H groups in total. The Morgan fingerprint density at radius 1 is 1.27 bits per heavy atom. The maximum Gasteiger partial charge on any atom is 0.127 e. The van der Waals surface area contributed by atoms with Gasteiger partial charge in [0.05, 0.1) is 17.7 Å². The molecule has 0 amide bonds. The number of ether oxygens (including phenoxy) is 1. The van der Waals surface area contributed by atoms with Gasteiger partial charge in [-0.25, -0.2) is 0 Å². The summed E-state index contributed by atoms with van der Waals surface area (Å²) in [6.45, 7) is 2.05. The molecule has 1 aromatic heterocycles. The van der Waals surface area contributed by atoms with Gasteiger partial charge in [0.15, 0.2) is 0 Å². The quantitative estimate of drug-likeness (QED) is 0.841. The van der Waals surface area contributed by atoms with E-state index in [1.165, 1.54) is 5.56 Å². The van der Waals surface area contributed by atoms with E-state index in [9.17, 15) is 0 Å². The summed E-state index contributed by atoms with van der Waals surface area (Å²) in [5.41, 5.74) is 8.95. The van der Waals surface area contributed by atoms with Crippen molar-refractivity contribution in [2.24, 2.45) is 0 Å². The fourth-order valence-corrected chi connectivity index (χ4v) is 2.37. The predicted octanol–water partition coefficient (Wildman–Crippen LogP) is 3.31. The Hall–Kier alpha value is -1.48. The first-order chi connectivity index (χ1) is 7.22. The van der Waals surface area contributed by atoms with Crippen molar-refractivity contribution in [1.82, 2.24) is 0 Å². The van der Waals surface area contributed by atoms with E-state index in [1.807, 2.05) is 24.4 Å². The number of nitrogens with two attached hydrogens (primary N) is 1. The number of nitrogen functional groups attached to an aromatic ring is 1. The van der Waals surface area contributed by atoms with Crippen LogP contribution in [0.25, 0.3) is 10.4 Å². The highest BCUT2D eigenvalue weighted by atomic mass is 32.1. The molecule has 0 atom stereocenters. The molecule has 0 unspecified atom stereocenters. The highest BCUT2D eigenvalue weighted by Crippen LogP contribution is 2.37. The number of anilines is 1. The summed E-state index contributed by atoms with van der Waals surface area (Å²) < 4.78 is 5.36. The van der Waals surface area contributed by atoms with Crippen molar-refractivity contribution in [3.05, 3.63) is 35.2 Å². The summed E-state index contributed by atoms with van der Waals surface area (Å²) in [6.07, 6.45) is 0. The van der Waals surface area contributed by atoms with Crippen LogP contribution in [0.15, 0.2) is 29.6 Å². The highest BCUT2D eigenvalue weighted by molar-refractivity contribution is 7.14. The lowest BCUT2D eigenvalue weighted by molar-refractivity contribution is 0.416. The van der Waals surface area contributed by atoms with E-state index < -0.39 is 0 Å². The third-order valence-electron chi connectivity index (χ3n) is 2.30. The minimum atomic E-state index is 0.808. The Bertz CT molecular complexity index is 476. The Labute approximate surface area is 93.3 Å². The summed E-state index contributed by atoms with van der Waals surface area (Å²) >= 11 is 1.63. The lowest BCUT2D eigenvalue weighted by atomic mass is 10.1. The first-order valence-corrected chi connectivity index (χ1v) is 5.58. The van der Waals surface area contributed by atoms with Crippen LogP contribution in [0.4, 0.5) is 5.69 Å². The van der Waals surface area contributed by atoms with Gasteiger partial charge in [-0.1, -0.05) is 6.07 Å². The second kappa shape index (κ2) is 3.95. The molecule has 0 aliphatic heterocycles. The van der Waals surface area contributed by atoms with E-state index in [2.05, 4.69) is 12.1 Å². The number of benzene rings is 1. The smallest absolute Gasteiger partial charge is 0.127 e. The van der Waals surface area contributed by atoms with Gasteiger partial charge in [-0.2, -0.15) is 0 Å². The van der Waals surface area contributed by atoms with E-state index in [0.29, 0.717) is 0 Å². The molecule has 78 valence electrons. The summed E-state index contributed by atoms with van der Waals surface area (Å²) in [4.78, 5) is 1.08. The van der Waals surface area contributed by atoms with Gasteiger partial charge in [0.25, 0.3) is 0 Å². The van der Waals surface area contributed by atoms with Gasteiger partial charge in [-0.3, -0.25) is 0 Å². The zero-order valence-electron chi connectivity index (χ0n) is 8.78. The molecule has 0 saturated carbocycles. The Morgan fingerprint density at radius 3 is 2.67 bits per heavy atom. The van der Waals surface area contributed by atoms with Crippen LogP contribution in [0.5, 0.6) is 5.75 Å². The molecule has 0 aliphatic carbocycles. The number of aryl methyl sites for hydroxylation is 1. The third-order valence-corrected chi connectivity index (χ3v) is 3.26. The first-order valence-electron chi connectivity index (χ1n) is 4.70. The van der Waals surface area contributed by atoms with E-state index in [4.69, 9.17) is 10.5 Å². The summed E-state index contributed by atoms with van der Waals surface area (Å²) in [5.74, 6) is 0.879. The molecule has 0 aliphatic rings. The van der Waals surface area contributed by atoms with Crippen molar-refractivity contribution in [2.75, 3.05) is 12.8 Å². The summed E-state index contributed by atoms with van der Waals surface area (Å²) in [5, 5.41) is 1.99. The van der Waals surface area contributed by atoms with Crippen molar-refractivity contribution in [3.63, 3.8) is 0 Å². The molecule has 0 saturated heterocycles. The largest absolute Gasteiger partial charge is 0.496 e. The highest BCUT2D eigenvalue weighted by Gasteiger charge is 2.09. The number of methoxy groups -OCH3 is 1. The molecule has 1 aromatic carbocycles. The molecule has 0 spiro atoms. The minimum absolute atomic E-state index is 0.808. The second-order valence-corrected chi connectivity index (χ2v) is 4.32. The number of thiophene rings is 1. The van der Waals surface area contributed by atoms with Gasteiger partial charge >= 0.3 is 0 Å². The van der Waals surface area contributed by atoms with Crippen LogP contribution < -0.4 is 10.5 Å². The monoisotopic (exact) mass is 219 g/mol. The molecule has 2 nitrogen and oxygen atoms in total. The third kappa shape index (κ3) is 1.83. The van der Waals surface area contributed by atoms with Gasteiger partial charge < -0.3 is 10.5 Å². The van der Waals surface area contributed by atoms with E-state index in [1.54, 1.807) is 18.4 Å². The van der Waals surface area contributed by atoms with Crippen molar-refractivity contribution >= 4 is 17.0 Å². The van der Waals surface area contributed by atoms with Gasteiger partial charge in [-0.05, 0) is 36.1 Å². The molecule has 2 rings (SSSR count). The average Bonchev–Trinajstić information content (AvgIpc) is 2.64. The molecule has 3 heteroatoms. The van der Waals surface area contributed by atoms with E-state index >= 15 is 0 Å². The predicted molar refractivity (Wildman–Crippen MR) is 65.5 cm³/mol. The average molecular weight is 219 g/mol. The molecule has 1 heterocycles. The Morgan fingerprint density at radius 2 is 2.07 bits per heavy atom. The maximum atomic E-state index is 5.89. The Kier molecular flexibility index (Phi) is 2.64. The van der Waals surface area contributed by atoms with Gasteiger partial charge in [0, 0.05) is 5.56 Å². The number of rotatable bonds is 2.